The molecule has 2 unspecified atom stereocenters. The molecule has 0 saturated carbocycles. The smallest absolute Gasteiger partial charge is 0.196 e. The summed E-state index contributed by atoms with van der Waals surface area (Å²) >= 11 is 6.07. The predicted octanol–water partition coefficient (Wildman–Crippen LogP) is 3.90. The maximum atomic E-state index is 12.4. The maximum absolute atomic E-state index is 12.4. The van der Waals surface area contributed by atoms with E-state index in [-0.39, 0.29) is 11.2 Å². The molecular formula is C16H15ClO2. The Labute approximate surface area is 117 Å². The van der Waals surface area contributed by atoms with Crippen LogP contribution in [0.3, 0.4) is 0 Å². The Morgan fingerprint density at radius 2 is 1.63 bits per heavy atom. The van der Waals surface area contributed by atoms with Gasteiger partial charge in [-0.2, -0.15) is 0 Å². The molecule has 2 nitrogen and oxygen atoms in total. The van der Waals surface area contributed by atoms with E-state index < -0.39 is 6.10 Å². The molecule has 0 bridgehead atoms. The van der Waals surface area contributed by atoms with Crippen LogP contribution in [0.5, 0.6) is 0 Å². The maximum Gasteiger partial charge on any atom is 0.196 e. The highest BCUT2D eigenvalue weighted by Crippen LogP contribution is 2.27. The second-order valence-corrected chi connectivity index (χ2v) is 5.04. The van der Waals surface area contributed by atoms with E-state index in [1.807, 2.05) is 25.1 Å². The van der Waals surface area contributed by atoms with Gasteiger partial charge in [-0.15, -0.1) is 11.6 Å². The molecule has 3 heteroatoms. The van der Waals surface area contributed by atoms with Gasteiger partial charge in [0.25, 0.3) is 0 Å². The van der Waals surface area contributed by atoms with Gasteiger partial charge < -0.3 is 5.11 Å². The van der Waals surface area contributed by atoms with Crippen LogP contribution in [-0.4, -0.2) is 10.9 Å². The summed E-state index contributed by atoms with van der Waals surface area (Å²) in [5.74, 6) is -0.325. The normalized spacial score (nSPS) is 13.8. The third-order valence-corrected chi connectivity index (χ3v) is 3.25. The number of Topliss-reactive ketones (excluding diaryl/α,β-unsaturated/α-hetero) is 1. The van der Waals surface area contributed by atoms with Crippen LogP contribution < -0.4 is 0 Å². The van der Waals surface area contributed by atoms with Crippen LogP contribution in [-0.2, 0) is 0 Å². The lowest BCUT2D eigenvalue weighted by Gasteiger charge is -2.14. The second kappa shape index (κ2) is 6.00. The van der Waals surface area contributed by atoms with Crippen LogP contribution in [0.25, 0.3) is 0 Å². The van der Waals surface area contributed by atoms with Gasteiger partial charge in [0.2, 0.25) is 0 Å². The van der Waals surface area contributed by atoms with Crippen molar-refractivity contribution in [2.75, 3.05) is 0 Å². The lowest BCUT2D eigenvalue weighted by Crippen LogP contribution is -2.14. The average Bonchev–Trinajstić information content (AvgIpc) is 2.46. The fourth-order valence-corrected chi connectivity index (χ4v) is 2.19. The van der Waals surface area contributed by atoms with Crippen molar-refractivity contribution in [1.29, 1.82) is 0 Å². The summed E-state index contributed by atoms with van der Waals surface area (Å²) in [6, 6.07) is 16.0. The van der Waals surface area contributed by atoms with Gasteiger partial charge >= 0.3 is 0 Å². The van der Waals surface area contributed by atoms with Crippen molar-refractivity contribution in [2.45, 2.75) is 18.4 Å². The van der Waals surface area contributed by atoms with Crippen LogP contribution in [0, 0.1) is 0 Å². The van der Waals surface area contributed by atoms with Gasteiger partial charge in [0.05, 0.1) is 5.38 Å². The van der Waals surface area contributed by atoms with Crippen LogP contribution in [0.2, 0.25) is 0 Å². The highest BCUT2D eigenvalue weighted by Gasteiger charge is 2.22. The first-order chi connectivity index (χ1) is 9.11. The standard InChI is InChI=1S/C16H15ClO2/c1-11(17)13-9-5-6-10-14(13)16(19)15(18)12-7-3-2-4-8-12/h2-11,15,18H,1H3. The summed E-state index contributed by atoms with van der Waals surface area (Å²) in [7, 11) is 0. The second-order valence-electron chi connectivity index (χ2n) is 4.38. The Bertz CT molecular complexity index is 564. The quantitative estimate of drug-likeness (QED) is 0.678. The molecular weight excluding hydrogens is 260 g/mol. The molecule has 0 amide bonds. The molecule has 0 radical (unpaired) electrons. The summed E-state index contributed by atoms with van der Waals surface area (Å²) in [5.41, 5.74) is 1.80. The van der Waals surface area contributed by atoms with Crippen molar-refractivity contribution < 1.29 is 9.90 Å². The van der Waals surface area contributed by atoms with Crippen LogP contribution in [0.1, 0.15) is 39.9 Å². The van der Waals surface area contributed by atoms with Crippen molar-refractivity contribution in [3.63, 3.8) is 0 Å². The summed E-state index contributed by atoms with van der Waals surface area (Å²) in [4.78, 5) is 12.4. The molecule has 0 aliphatic rings. The molecule has 2 rings (SSSR count). The fraction of sp³-hybridized carbons (Fsp3) is 0.188. The highest BCUT2D eigenvalue weighted by atomic mass is 35.5. The SMILES string of the molecule is CC(Cl)c1ccccc1C(=O)C(O)c1ccccc1. The number of benzene rings is 2. The number of aliphatic hydroxyl groups is 1. The Morgan fingerprint density at radius 1 is 1.05 bits per heavy atom. The summed E-state index contributed by atoms with van der Waals surface area (Å²) in [6.07, 6.45) is -1.15. The van der Waals surface area contributed by atoms with E-state index in [0.717, 1.165) is 5.56 Å². The molecule has 0 fully saturated rings. The molecule has 98 valence electrons. The number of aliphatic hydroxyl groups excluding tert-OH is 1. The van der Waals surface area contributed by atoms with Crippen LogP contribution in [0.15, 0.2) is 54.6 Å². The Morgan fingerprint density at radius 3 is 2.26 bits per heavy atom. The monoisotopic (exact) mass is 274 g/mol. The zero-order valence-corrected chi connectivity index (χ0v) is 11.3. The van der Waals surface area contributed by atoms with E-state index in [4.69, 9.17) is 11.6 Å². The molecule has 0 aliphatic carbocycles. The van der Waals surface area contributed by atoms with Crippen LogP contribution >= 0.6 is 11.6 Å². The third-order valence-electron chi connectivity index (χ3n) is 3.02. The molecule has 0 saturated heterocycles. The number of hydrogen-bond acceptors (Lipinski definition) is 2. The summed E-state index contributed by atoms with van der Waals surface area (Å²) < 4.78 is 0. The van der Waals surface area contributed by atoms with Crippen molar-refractivity contribution >= 4 is 17.4 Å². The number of rotatable bonds is 4. The van der Waals surface area contributed by atoms with Crippen molar-refractivity contribution in [3.8, 4) is 0 Å². The van der Waals surface area contributed by atoms with Gasteiger partial charge in [0, 0.05) is 5.56 Å². The zero-order chi connectivity index (χ0) is 13.8. The Kier molecular flexibility index (Phi) is 4.35. The molecule has 0 aliphatic heterocycles. The number of hydrogen-bond donors (Lipinski definition) is 1. The van der Waals surface area contributed by atoms with Gasteiger partial charge in [0.15, 0.2) is 5.78 Å². The first-order valence-electron chi connectivity index (χ1n) is 6.11. The van der Waals surface area contributed by atoms with E-state index in [0.29, 0.717) is 11.1 Å². The first kappa shape index (κ1) is 13.8. The van der Waals surface area contributed by atoms with Gasteiger partial charge in [-0.25, -0.2) is 0 Å². The number of ketones is 1. The van der Waals surface area contributed by atoms with E-state index in [1.165, 1.54) is 0 Å². The third kappa shape index (κ3) is 3.03. The minimum absolute atomic E-state index is 0.275. The predicted molar refractivity (Wildman–Crippen MR) is 76.4 cm³/mol. The topological polar surface area (TPSA) is 37.3 Å². The minimum Gasteiger partial charge on any atom is -0.380 e. The minimum atomic E-state index is -1.15. The summed E-state index contributed by atoms with van der Waals surface area (Å²) in [5, 5.41) is 9.88. The molecule has 0 heterocycles. The van der Waals surface area contributed by atoms with Crippen LogP contribution in [0.4, 0.5) is 0 Å². The Balaban J connectivity index is 2.35. The van der Waals surface area contributed by atoms with Crippen molar-refractivity contribution in [1.82, 2.24) is 0 Å². The van der Waals surface area contributed by atoms with E-state index >= 15 is 0 Å². The van der Waals surface area contributed by atoms with Gasteiger partial charge in [0.1, 0.15) is 6.10 Å². The molecule has 19 heavy (non-hydrogen) atoms. The van der Waals surface area contributed by atoms with Crippen molar-refractivity contribution in [3.05, 3.63) is 71.3 Å². The molecule has 2 aromatic rings. The van der Waals surface area contributed by atoms with Crippen molar-refractivity contribution in [2.24, 2.45) is 0 Å². The van der Waals surface area contributed by atoms with Gasteiger partial charge in [-0.3, -0.25) is 4.79 Å². The molecule has 0 spiro atoms. The number of alkyl halides is 1. The fourth-order valence-electron chi connectivity index (χ4n) is 2.00. The van der Waals surface area contributed by atoms with Gasteiger partial charge in [-0.05, 0) is 18.1 Å². The largest absolute Gasteiger partial charge is 0.380 e. The zero-order valence-electron chi connectivity index (χ0n) is 10.6. The number of carbonyl (C=O) groups excluding carboxylic acids is 1. The van der Waals surface area contributed by atoms with E-state index in [1.54, 1.807) is 36.4 Å². The molecule has 0 aromatic heterocycles. The molecule has 2 atom stereocenters. The van der Waals surface area contributed by atoms with E-state index in [2.05, 4.69) is 0 Å². The highest BCUT2D eigenvalue weighted by molar-refractivity contribution is 6.21. The first-order valence-corrected chi connectivity index (χ1v) is 6.55. The number of halogens is 1. The molecule has 2 aromatic carbocycles. The van der Waals surface area contributed by atoms with Gasteiger partial charge in [-0.1, -0.05) is 54.6 Å². The number of carbonyl (C=O) groups is 1. The molecule has 1 N–H and O–H groups in total. The lowest BCUT2D eigenvalue weighted by molar-refractivity contribution is 0.0746. The Hall–Kier alpha value is -1.64. The lowest BCUT2D eigenvalue weighted by atomic mass is 9.95. The summed E-state index contributed by atoms with van der Waals surface area (Å²) in [6.45, 7) is 1.81. The van der Waals surface area contributed by atoms with E-state index in [9.17, 15) is 9.90 Å². The average molecular weight is 275 g/mol.